The molecular weight excluding hydrogens is 750 g/mol. The Hall–Kier alpha value is -3.27. The number of carboxylic acid groups (broad SMARTS) is 1. The van der Waals surface area contributed by atoms with Gasteiger partial charge >= 0.3 is 11.9 Å². The predicted molar refractivity (Wildman–Crippen MR) is 213 cm³/mol. The Bertz CT molecular complexity index is 1550. The number of Topliss-reactive ketones (excluding diaryl/α,β-unsaturated/α-hetero) is 2. The molecular formula is C44H67NO13. The Morgan fingerprint density at radius 2 is 1.62 bits per heavy atom. The second kappa shape index (κ2) is 21.3. The van der Waals surface area contributed by atoms with Crippen molar-refractivity contribution in [1.82, 2.24) is 4.90 Å². The summed E-state index contributed by atoms with van der Waals surface area (Å²) < 4.78 is 24.1. The first-order valence-electron chi connectivity index (χ1n) is 21.1. The summed E-state index contributed by atoms with van der Waals surface area (Å²) in [7, 11) is 2.99. The number of ether oxygens (including phenoxy) is 4. The van der Waals surface area contributed by atoms with Crippen LogP contribution in [0.25, 0.3) is 0 Å². The van der Waals surface area contributed by atoms with Crippen molar-refractivity contribution in [2.45, 2.75) is 160 Å². The van der Waals surface area contributed by atoms with Crippen LogP contribution >= 0.6 is 0 Å². The molecule has 1 saturated carbocycles. The molecule has 0 spiro atoms. The first-order valence-corrected chi connectivity index (χ1v) is 21.1. The first-order chi connectivity index (χ1) is 27.4. The highest BCUT2D eigenvalue weighted by molar-refractivity contribution is 6.39. The van der Waals surface area contributed by atoms with Gasteiger partial charge in [-0.2, -0.15) is 0 Å². The van der Waals surface area contributed by atoms with Gasteiger partial charge in [-0.05, 0) is 102 Å². The number of hydrogen-bond acceptors (Lipinski definition) is 12. The van der Waals surface area contributed by atoms with Crippen molar-refractivity contribution < 1.29 is 63.3 Å². The number of aliphatic carboxylic acids is 1. The number of cyclic esters (lactones) is 1. The van der Waals surface area contributed by atoms with Crippen LogP contribution in [-0.2, 0) is 42.9 Å². The van der Waals surface area contributed by atoms with Gasteiger partial charge in [0.2, 0.25) is 5.79 Å². The molecule has 4 N–H and O–H groups in total. The molecule has 14 nitrogen and oxygen atoms in total. The summed E-state index contributed by atoms with van der Waals surface area (Å²) in [4.78, 5) is 69.2. The number of nitrogens with zero attached hydrogens (tertiary/aromatic N) is 1. The number of aliphatic hydroxyl groups excluding tert-OH is 2. The van der Waals surface area contributed by atoms with Crippen LogP contribution in [0.15, 0.2) is 35.5 Å². The highest BCUT2D eigenvalue weighted by Crippen LogP contribution is 2.39. The molecule has 0 aromatic carbocycles. The average Bonchev–Trinajstić information content (AvgIpc) is 3.18. The van der Waals surface area contributed by atoms with Gasteiger partial charge < -0.3 is 44.3 Å². The molecule has 0 radical (unpaired) electrons. The lowest BCUT2D eigenvalue weighted by atomic mass is 9.82. The normalized spacial score (nSPS) is 39.3. The predicted octanol–water partition coefficient (Wildman–Crippen LogP) is 4.47. The van der Waals surface area contributed by atoms with Crippen molar-refractivity contribution in [3.05, 3.63) is 35.5 Å². The van der Waals surface area contributed by atoms with Crippen LogP contribution in [0.5, 0.6) is 0 Å². The summed E-state index contributed by atoms with van der Waals surface area (Å²) in [6.45, 7) is 9.02. The molecule has 3 aliphatic heterocycles. The van der Waals surface area contributed by atoms with E-state index in [1.165, 1.54) is 20.3 Å². The molecule has 3 fully saturated rings. The van der Waals surface area contributed by atoms with Gasteiger partial charge in [-0.1, -0.05) is 44.6 Å². The summed E-state index contributed by atoms with van der Waals surface area (Å²) in [6, 6.07) is -1.17. The molecule has 0 aromatic heterocycles. The Balaban J connectivity index is 1.79. The van der Waals surface area contributed by atoms with Crippen LogP contribution in [0, 0.1) is 29.6 Å². The molecule has 1 amide bonds. The number of ketones is 2. The number of rotatable bonds is 7. The summed E-state index contributed by atoms with van der Waals surface area (Å²) in [6.07, 6.45) is 6.13. The molecule has 326 valence electrons. The third-order valence-corrected chi connectivity index (χ3v) is 12.7. The van der Waals surface area contributed by atoms with Crippen LogP contribution in [-0.4, -0.2) is 124 Å². The van der Waals surface area contributed by atoms with Crippen LogP contribution in [0.1, 0.15) is 112 Å². The number of esters is 1. The monoisotopic (exact) mass is 817 g/mol. The number of carbonyl (C=O) groups is 5. The number of carbonyl (C=O) groups excluding carboxylic acids is 4. The molecule has 4 rings (SSSR count). The summed E-state index contributed by atoms with van der Waals surface area (Å²) in [5, 5.41) is 43.1. The number of hydrogen-bond donors (Lipinski definition) is 4. The largest absolute Gasteiger partial charge is 0.478 e. The highest BCUT2D eigenvalue weighted by atomic mass is 16.7. The van der Waals surface area contributed by atoms with Gasteiger partial charge in [-0.3, -0.25) is 14.4 Å². The maximum absolute atomic E-state index is 14.3. The highest BCUT2D eigenvalue weighted by Gasteiger charge is 2.56. The second-order valence-electron chi connectivity index (χ2n) is 17.4. The third-order valence-electron chi connectivity index (χ3n) is 12.7. The Morgan fingerprint density at radius 1 is 0.966 bits per heavy atom. The van der Waals surface area contributed by atoms with E-state index in [1.54, 1.807) is 26.8 Å². The van der Waals surface area contributed by atoms with Gasteiger partial charge in [0.1, 0.15) is 24.0 Å². The minimum Gasteiger partial charge on any atom is -0.478 e. The average molecular weight is 818 g/mol. The summed E-state index contributed by atoms with van der Waals surface area (Å²) in [5.41, 5.74) is 1.49. The quantitative estimate of drug-likeness (QED) is 0.121. The van der Waals surface area contributed by atoms with Crippen molar-refractivity contribution >= 4 is 29.4 Å². The molecule has 0 unspecified atom stereocenters. The molecule has 58 heavy (non-hydrogen) atoms. The Morgan fingerprint density at radius 3 is 2.26 bits per heavy atom. The van der Waals surface area contributed by atoms with Gasteiger partial charge in [0, 0.05) is 51.0 Å². The van der Waals surface area contributed by atoms with E-state index < -0.39 is 83.7 Å². The van der Waals surface area contributed by atoms with E-state index in [2.05, 4.69) is 0 Å². The fraction of sp³-hybridized carbons (Fsp3) is 0.750. The van der Waals surface area contributed by atoms with E-state index in [1.807, 2.05) is 19.9 Å². The van der Waals surface area contributed by atoms with E-state index in [0.717, 1.165) is 29.4 Å². The minimum absolute atomic E-state index is 0.0672. The van der Waals surface area contributed by atoms with Crippen molar-refractivity contribution in [1.29, 1.82) is 0 Å². The second-order valence-corrected chi connectivity index (χ2v) is 17.4. The van der Waals surface area contributed by atoms with Crippen LogP contribution < -0.4 is 0 Å². The maximum Gasteiger partial charge on any atom is 0.329 e. The Kier molecular flexibility index (Phi) is 17.4. The summed E-state index contributed by atoms with van der Waals surface area (Å²) in [5.74, 6) is -9.43. The van der Waals surface area contributed by atoms with Crippen LogP contribution in [0.4, 0.5) is 0 Å². The Labute approximate surface area is 343 Å². The molecule has 2 saturated heterocycles. The standard InChI is InChI=1S/C44H67NO13/c1-25-19-26(2)21-36(55-6)40-37(56-7)23-28(4)44(54,58-40)41(51)42(52)45-18-9-8-12-33(45)43(53)57-39(27(3)22-30-14-16-32(46)17-15-30)29(5)34(47)24-35(48)31(20-25)11-10-13-38(49)50/h10,13,20,22,26,28-34,36-37,39-40,46-47,54H,8-9,11-12,14-19,21,23-24H2,1-7H3,(H,49,50)/b13-10+,25-20+,27-22+/t26-,28+,29+,30-,31+,32-,33-,34-,36-,37-,39+,40+,44+/m0/s1. The smallest absolute Gasteiger partial charge is 0.329 e. The van der Waals surface area contributed by atoms with E-state index in [4.69, 9.17) is 18.9 Å². The molecule has 11 atom stereocenters. The molecule has 14 heteroatoms. The maximum atomic E-state index is 14.3. The number of piperidine rings is 1. The SMILES string of the molecule is CO[C@H]1C[C@@H](C)C/C(C)=C/[C@@H](C/C=C/C(=O)O)C(=O)C[C@H](O)[C@@H](C)[C@@H](/C(C)=C/[C@H]2CC[C@H](O)CC2)OC(=O)[C@@H]2CCCCN2C(=O)C(=O)[C@]2(O)O[C@H]1[C@@H](OC)C[C@H]2C. The van der Waals surface area contributed by atoms with Crippen LogP contribution in [0.3, 0.4) is 0 Å². The third kappa shape index (κ3) is 11.9. The lowest BCUT2D eigenvalue weighted by Crippen LogP contribution is -2.64. The minimum atomic E-state index is -2.54. The number of carboxylic acids is 1. The van der Waals surface area contributed by atoms with Crippen molar-refractivity contribution in [3.63, 3.8) is 0 Å². The number of methoxy groups -OCH3 is 2. The number of fused-ring (bicyclic) bond motifs is 3. The van der Waals surface area contributed by atoms with Gasteiger partial charge in [0.05, 0.1) is 24.4 Å². The van der Waals surface area contributed by atoms with Gasteiger partial charge in [-0.25, -0.2) is 9.59 Å². The molecule has 3 heterocycles. The number of aliphatic hydroxyl groups is 3. The molecule has 2 bridgehead atoms. The zero-order valence-electron chi connectivity index (χ0n) is 35.3. The lowest BCUT2D eigenvalue weighted by Gasteiger charge is -2.47. The molecule has 1 aliphatic carbocycles. The van der Waals surface area contributed by atoms with E-state index in [-0.39, 0.29) is 56.0 Å². The van der Waals surface area contributed by atoms with Crippen molar-refractivity contribution in [2.24, 2.45) is 29.6 Å². The fourth-order valence-corrected chi connectivity index (χ4v) is 9.28. The molecule has 4 aliphatic rings. The van der Waals surface area contributed by atoms with Crippen molar-refractivity contribution in [2.75, 3.05) is 20.8 Å². The molecule has 0 aromatic rings. The van der Waals surface area contributed by atoms with Crippen LogP contribution in [0.2, 0.25) is 0 Å². The van der Waals surface area contributed by atoms with Gasteiger partial charge in [0.25, 0.3) is 11.7 Å². The zero-order chi connectivity index (χ0) is 42.9. The van der Waals surface area contributed by atoms with Gasteiger partial charge in [-0.15, -0.1) is 0 Å². The van der Waals surface area contributed by atoms with Crippen molar-refractivity contribution in [3.8, 4) is 0 Å². The van der Waals surface area contributed by atoms with E-state index >= 15 is 0 Å². The number of amides is 1. The fourth-order valence-electron chi connectivity index (χ4n) is 9.28. The van der Waals surface area contributed by atoms with E-state index in [0.29, 0.717) is 44.1 Å². The lowest BCUT2D eigenvalue weighted by molar-refractivity contribution is -0.302. The summed E-state index contributed by atoms with van der Waals surface area (Å²) >= 11 is 0. The first kappa shape index (κ1) is 47.4. The van der Waals surface area contributed by atoms with E-state index in [9.17, 15) is 44.4 Å². The van der Waals surface area contributed by atoms with Gasteiger partial charge in [0.15, 0.2) is 0 Å². The topological polar surface area (TPSA) is 206 Å². The number of allylic oxidation sites excluding steroid dienone is 4. The zero-order valence-corrected chi connectivity index (χ0v) is 35.3.